The number of thiocarbonyl (C=S) groups is 1. The van der Waals surface area contributed by atoms with Crippen LogP contribution in [0.15, 0.2) is 91.3 Å². The molecule has 5 aromatic rings. The van der Waals surface area contributed by atoms with Crippen molar-refractivity contribution in [1.29, 1.82) is 0 Å². The van der Waals surface area contributed by atoms with Crippen molar-refractivity contribution in [2.75, 3.05) is 11.9 Å². The minimum atomic E-state index is -0.163. The number of anilines is 1. The van der Waals surface area contributed by atoms with Crippen molar-refractivity contribution in [3.05, 3.63) is 119 Å². The van der Waals surface area contributed by atoms with Gasteiger partial charge in [-0.25, -0.2) is 4.98 Å². The number of carbonyl (C=O) groups is 1. The molecule has 0 saturated carbocycles. The van der Waals surface area contributed by atoms with Gasteiger partial charge in [0.1, 0.15) is 5.82 Å². The van der Waals surface area contributed by atoms with Gasteiger partial charge < -0.3 is 20.1 Å². The molecule has 2 atom stereocenters. The molecule has 6 rings (SSSR count). The molecule has 1 aliphatic heterocycles. The molecular weight excluding hydrogens is 528 g/mol. The number of pyridine rings is 2. The molecule has 41 heavy (non-hydrogen) atoms. The molecule has 1 aliphatic rings. The van der Waals surface area contributed by atoms with Gasteiger partial charge in [0.15, 0.2) is 5.11 Å². The van der Waals surface area contributed by atoms with Crippen LogP contribution in [0.25, 0.3) is 16.6 Å². The van der Waals surface area contributed by atoms with Crippen molar-refractivity contribution in [3.63, 3.8) is 0 Å². The number of nitrogens with one attached hydrogen (secondary N) is 2. The second-order valence-electron chi connectivity index (χ2n) is 10.5. The third-order valence-electron chi connectivity index (χ3n) is 7.82. The maximum absolute atomic E-state index is 13.2. The Morgan fingerprint density at radius 2 is 1.73 bits per heavy atom. The summed E-state index contributed by atoms with van der Waals surface area (Å²) in [7, 11) is 0. The summed E-state index contributed by atoms with van der Waals surface area (Å²) in [6.07, 6.45) is 3.91. The fourth-order valence-electron chi connectivity index (χ4n) is 5.88. The fraction of sp³-hybridized carbons (Fsp3) is 0.212. The highest BCUT2D eigenvalue weighted by Crippen LogP contribution is 2.41. The lowest BCUT2D eigenvalue weighted by atomic mass is 9.96. The first-order valence-electron chi connectivity index (χ1n) is 13.8. The Morgan fingerprint density at radius 3 is 2.54 bits per heavy atom. The van der Waals surface area contributed by atoms with Crippen LogP contribution < -0.4 is 10.6 Å². The SMILES string of the molecule is Cc1cccnc1-n1c(C)cc([C@H]2[C@@H](c3ccccn3)NC(=S)N2CCC(=O)Nc2cccc3ccccc23)c1C. The van der Waals surface area contributed by atoms with Crippen LogP contribution in [-0.2, 0) is 4.79 Å². The largest absolute Gasteiger partial charge is 0.352 e. The second kappa shape index (κ2) is 11.1. The van der Waals surface area contributed by atoms with Crippen molar-refractivity contribution in [3.8, 4) is 5.82 Å². The van der Waals surface area contributed by atoms with E-state index in [1.165, 1.54) is 0 Å². The van der Waals surface area contributed by atoms with Gasteiger partial charge in [-0.15, -0.1) is 0 Å². The molecule has 1 saturated heterocycles. The second-order valence-corrected chi connectivity index (χ2v) is 10.8. The van der Waals surface area contributed by atoms with Crippen molar-refractivity contribution in [2.24, 2.45) is 0 Å². The highest BCUT2D eigenvalue weighted by Gasteiger charge is 2.41. The fourth-order valence-corrected chi connectivity index (χ4v) is 6.21. The Bertz CT molecular complexity index is 1740. The maximum atomic E-state index is 13.2. The van der Waals surface area contributed by atoms with E-state index in [0.29, 0.717) is 11.7 Å². The number of hydrogen-bond acceptors (Lipinski definition) is 4. The number of aromatic nitrogens is 3. The standard InChI is InChI=1S/C33H32N6OS/c1-21-10-9-18-35-32(21)39-22(2)20-26(23(39)3)31-30(28-14-6-7-17-34-28)37-33(41)38(31)19-16-29(40)36-27-15-8-12-24-11-4-5-13-25(24)27/h4-15,17-18,20,30-31H,16,19H2,1-3H3,(H,36,40)(H,37,41)/t30-,31+/m1/s1. The van der Waals surface area contributed by atoms with E-state index in [2.05, 4.69) is 63.0 Å². The first-order chi connectivity index (χ1) is 19.9. The van der Waals surface area contributed by atoms with Crippen molar-refractivity contribution in [1.82, 2.24) is 24.8 Å². The number of carbonyl (C=O) groups excluding carboxylic acids is 1. The molecule has 0 bridgehead atoms. The molecule has 8 heteroatoms. The summed E-state index contributed by atoms with van der Waals surface area (Å²) in [5.74, 6) is 0.858. The molecule has 206 valence electrons. The summed E-state index contributed by atoms with van der Waals surface area (Å²) < 4.78 is 2.20. The third-order valence-corrected chi connectivity index (χ3v) is 8.18. The molecule has 0 unspecified atom stereocenters. The van der Waals surface area contributed by atoms with Gasteiger partial charge in [0.2, 0.25) is 5.91 Å². The first kappa shape index (κ1) is 26.7. The molecule has 2 N–H and O–H groups in total. The number of aryl methyl sites for hydroxylation is 2. The van der Waals surface area contributed by atoms with Gasteiger partial charge in [-0.3, -0.25) is 9.78 Å². The normalized spacial score (nSPS) is 16.7. The average Bonchev–Trinajstić information content (AvgIpc) is 3.47. The maximum Gasteiger partial charge on any atom is 0.226 e. The van der Waals surface area contributed by atoms with Crippen LogP contribution in [0.3, 0.4) is 0 Å². The lowest BCUT2D eigenvalue weighted by molar-refractivity contribution is -0.116. The van der Waals surface area contributed by atoms with Gasteiger partial charge in [0.25, 0.3) is 0 Å². The molecule has 1 amide bonds. The quantitative estimate of drug-likeness (QED) is 0.226. The van der Waals surface area contributed by atoms with Gasteiger partial charge >= 0.3 is 0 Å². The van der Waals surface area contributed by atoms with E-state index < -0.39 is 0 Å². The van der Waals surface area contributed by atoms with E-state index in [9.17, 15) is 4.79 Å². The minimum Gasteiger partial charge on any atom is -0.352 e. The third kappa shape index (κ3) is 5.07. The lowest BCUT2D eigenvalue weighted by Crippen LogP contribution is -2.33. The Morgan fingerprint density at radius 1 is 0.951 bits per heavy atom. The monoisotopic (exact) mass is 560 g/mol. The Labute approximate surface area is 245 Å². The van der Waals surface area contributed by atoms with E-state index >= 15 is 0 Å². The Hall–Kier alpha value is -4.56. The van der Waals surface area contributed by atoms with Crippen LogP contribution in [-0.4, -0.2) is 37.0 Å². The number of hydrogen-bond donors (Lipinski definition) is 2. The van der Waals surface area contributed by atoms with Crippen LogP contribution in [0.5, 0.6) is 0 Å². The average molecular weight is 561 g/mol. The molecule has 0 spiro atoms. The van der Waals surface area contributed by atoms with Crippen LogP contribution in [0, 0.1) is 20.8 Å². The van der Waals surface area contributed by atoms with Crippen LogP contribution in [0.1, 0.15) is 46.7 Å². The van der Waals surface area contributed by atoms with E-state index in [0.717, 1.165) is 50.5 Å². The summed E-state index contributed by atoms with van der Waals surface area (Å²) in [6, 6.07) is 25.9. The number of rotatable bonds is 7. The lowest BCUT2D eigenvalue weighted by Gasteiger charge is -2.28. The van der Waals surface area contributed by atoms with Crippen LogP contribution in [0.4, 0.5) is 5.69 Å². The summed E-state index contributed by atoms with van der Waals surface area (Å²) in [5, 5.41) is 9.35. The molecule has 4 heterocycles. The van der Waals surface area contributed by atoms with E-state index in [4.69, 9.17) is 12.2 Å². The van der Waals surface area contributed by atoms with Crippen molar-refractivity contribution < 1.29 is 4.79 Å². The summed E-state index contributed by atoms with van der Waals surface area (Å²) >= 11 is 5.87. The predicted molar refractivity (Wildman–Crippen MR) is 167 cm³/mol. The van der Waals surface area contributed by atoms with E-state index in [1.54, 1.807) is 6.20 Å². The summed E-state index contributed by atoms with van der Waals surface area (Å²) in [4.78, 5) is 24.7. The minimum absolute atomic E-state index is 0.0567. The smallest absolute Gasteiger partial charge is 0.226 e. The molecular formula is C33H32N6OS. The molecule has 2 aromatic carbocycles. The summed E-state index contributed by atoms with van der Waals surface area (Å²) in [5.41, 5.74) is 6.13. The zero-order chi connectivity index (χ0) is 28.5. The van der Waals surface area contributed by atoms with Gasteiger partial charge in [0.05, 0.1) is 17.8 Å². The number of amides is 1. The topological polar surface area (TPSA) is 75.1 Å². The Balaban J connectivity index is 1.32. The summed E-state index contributed by atoms with van der Waals surface area (Å²) in [6.45, 7) is 6.76. The molecule has 7 nitrogen and oxygen atoms in total. The van der Waals surface area contributed by atoms with Gasteiger partial charge in [-0.2, -0.15) is 0 Å². The molecule has 0 radical (unpaired) electrons. The molecule has 0 aliphatic carbocycles. The number of fused-ring (bicyclic) bond motifs is 1. The van der Waals surface area contributed by atoms with E-state index in [-0.39, 0.29) is 24.4 Å². The highest BCUT2D eigenvalue weighted by molar-refractivity contribution is 7.80. The van der Waals surface area contributed by atoms with Crippen LogP contribution in [0.2, 0.25) is 0 Å². The highest BCUT2D eigenvalue weighted by atomic mass is 32.1. The Kier molecular flexibility index (Phi) is 7.24. The van der Waals surface area contributed by atoms with E-state index in [1.807, 2.05) is 72.9 Å². The van der Waals surface area contributed by atoms with Crippen molar-refractivity contribution in [2.45, 2.75) is 39.3 Å². The number of nitrogens with zero attached hydrogens (tertiary/aromatic N) is 4. The molecule has 3 aromatic heterocycles. The van der Waals surface area contributed by atoms with Gasteiger partial charge in [0, 0.05) is 47.8 Å². The first-order valence-corrected chi connectivity index (χ1v) is 14.2. The zero-order valence-electron chi connectivity index (χ0n) is 23.3. The zero-order valence-corrected chi connectivity index (χ0v) is 24.2. The van der Waals surface area contributed by atoms with Gasteiger partial charge in [-0.1, -0.05) is 48.5 Å². The molecule has 1 fully saturated rings. The number of benzene rings is 2. The van der Waals surface area contributed by atoms with Crippen LogP contribution >= 0.6 is 12.2 Å². The van der Waals surface area contributed by atoms with Crippen molar-refractivity contribution >= 4 is 39.7 Å². The predicted octanol–water partition coefficient (Wildman–Crippen LogP) is 6.35. The van der Waals surface area contributed by atoms with Gasteiger partial charge in [-0.05, 0) is 79.8 Å².